The van der Waals surface area contributed by atoms with Gasteiger partial charge in [0.2, 0.25) is 5.91 Å². The van der Waals surface area contributed by atoms with E-state index in [1.807, 2.05) is 4.90 Å². The highest BCUT2D eigenvalue weighted by molar-refractivity contribution is 5.80. The van der Waals surface area contributed by atoms with Gasteiger partial charge < -0.3 is 15.3 Å². The Labute approximate surface area is 77.9 Å². The summed E-state index contributed by atoms with van der Waals surface area (Å²) in [5.41, 5.74) is 0. The van der Waals surface area contributed by atoms with Crippen LogP contribution in [0.3, 0.4) is 0 Å². The van der Waals surface area contributed by atoms with Gasteiger partial charge in [-0.1, -0.05) is 0 Å². The number of nitrogens with one attached hydrogen (secondary N) is 1. The lowest BCUT2D eigenvalue weighted by Gasteiger charge is -2.36. The van der Waals surface area contributed by atoms with Crippen LogP contribution in [0.1, 0.15) is 12.8 Å². The number of nitrogens with zero attached hydrogens (tertiary/aromatic N) is 1. The highest BCUT2D eigenvalue weighted by Crippen LogP contribution is 2.28. The molecule has 2 aliphatic rings. The lowest BCUT2D eigenvalue weighted by molar-refractivity contribution is -0.142. The van der Waals surface area contributed by atoms with Gasteiger partial charge in [-0.25, -0.2) is 0 Å². The third-order valence-corrected chi connectivity index (χ3v) is 2.89. The molecule has 0 spiro atoms. The Balaban J connectivity index is 1.82. The Morgan fingerprint density at radius 2 is 1.92 bits per heavy atom. The van der Waals surface area contributed by atoms with Gasteiger partial charge >= 0.3 is 0 Å². The molecule has 0 aromatic heterocycles. The molecule has 2 N–H and O–H groups in total. The number of carbonyl (C=O) groups is 1. The van der Waals surface area contributed by atoms with Crippen LogP contribution >= 0.6 is 0 Å². The van der Waals surface area contributed by atoms with Crippen molar-refractivity contribution in [2.75, 3.05) is 26.2 Å². The molecule has 0 aromatic carbocycles. The fourth-order valence-corrected chi connectivity index (χ4v) is 1.93. The monoisotopic (exact) mass is 184 g/mol. The molecule has 1 amide bonds. The Morgan fingerprint density at radius 3 is 2.46 bits per heavy atom. The number of rotatable bonds is 1. The zero-order chi connectivity index (χ0) is 9.26. The van der Waals surface area contributed by atoms with Crippen molar-refractivity contribution in [3.05, 3.63) is 0 Å². The second-order valence-electron chi connectivity index (χ2n) is 3.90. The topological polar surface area (TPSA) is 52.6 Å². The first-order valence-corrected chi connectivity index (χ1v) is 4.95. The molecule has 0 bridgehead atoms. The Kier molecular flexibility index (Phi) is 2.51. The van der Waals surface area contributed by atoms with Crippen LogP contribution < -0.4 is 5.32 Å². The quantitative estimate of drug-likeness (QED) is 0.560. The van der Waals surface area contributed by atoms with Crippen LogP contribution in [0.15, 0.2) is 0 Å². The number of amides is 1. The summed E-state index contributed by atoms with van der Waals surface area (Å²) < 4.78 is 0. The molecule has 1 saturated carbocycles. The van der Waals surface area contributed by atoms with Gasteiger partial charge in [-0.3, -0.25) is 4.79 Å². The fraction of sp³-hybridized carbons (Fsp3) is 0.889. The van der Waals surface area contributed by atoms with Crippen molar-refractivity contribution in [3.63, 3.8) is 0 Å². The van der Waals surface area contributed by atoms with Crippen molar-refractivity contribution >= 4 is 5.91 Å². The van der Waals surface area contributed by atoms with Gasteiger partial charge in [0, 0.05) is 32.1 Å². The Bertz CT molecular complexity index is 196. The zero-order valence-electron chi connectivity index (χ0n) is 7.70. The van der Waals surface area contributed by atoms with E-state index in [0.717, 1.165) is 26.2 Å². The first-order valence-electron chi connectivity index (χ1n) is 4.95. The fourth-order valence-electron chi connectivity index (χ4n) is 1.93. The van der Waals surface area contributed by atoms with E-state index in [0.29, 0.717) is 12.8 Å². The van der Waals surface area contributed by atoms with E-state index < -0.39 is 0 Å². The molecule has 0 atom stereocenters. The van der Waals surface area contributed by atoms with Crippen molar-refractivity contribution in [2.45, 2.75) is 18.9 Å². The lowest BCUT2D eigenvalue weighted by atomic mass is 9.81. The van der Waals surface area contributed by atoms with Gasteiger partial charge in [-0.15, -0.1) is 0 Å². The van der Waals surface area contributed by atoms with Gasteiger partial charge in [0.15, 0.2) is 0 Å². The molecule has 2 rings (SSSR count). The summed E-state index contributed by atoms with van der Waals surface area (Å²) in [7, 11) is 0. The van der Waals surface area contributed by atoms with E-state index in [1.165, 1.54) is 0 Å². The van der Waals surface area contributed by atoms with Crippen LogP contribution in [0.4, 0.5) is 0 Å². The third-order valence-electron chi connectivity index (χ3n) is 2.89. The Morgan fingerprint density at radius 1 is 1.31 bits per heavy atom. The maximum atomic E-state index is 11.7. The summed E-state index contributed by atoms with van der Waals surface area (Å²) in [6.07, 6.45) is 1.11. The van der Waals surface area contributed by atoms with Crippen molar-refractivity contribution < 1.29 is 9.90 Å². The summed E-state index contributed by atoms with van der Waals surface area (Å²) in [5.74, 6) is 0.347. The summed E-state index contributed by atoms with van der Waals surface area (Å²) in [6.45, 7) is 3.46. The van der Waals surface area contributed by atoms with Crippen LogP contribution in [-0.2, 0) is 4.79 Å². The number of hydrogen-bond donors (Lipinski definition) is 2. The van der Waals surface area contributed by atoms with Crippen LogP contribution in [0.25, 0.3) is 0 Å². The summed E-state index contributed by atoms with van der Waals surface area (Å²) in [6, 6.07) is 0. The Hall–Kier alpha value is -0.610. The average Bonchev–Trinajstić information content (AvgIpc) is 2.13. The van der Waals surface area contributed by atoms with Crippen molar-refractivity contribution in [1.82, 2.24) is 10.2 Å². The predicted octanol–water partition coefficient (Wildman–Crippen LogP) is -0.811. The van der Waals surface area contributed by atoms with Gasteiger partial charge in [0.1, 0.15) is 0 Å². The summed E-state index contributed by atoms with van der Waals surface area (Å²) in [5, 5.41) is 12.3. The third kappa shape index (κ3) is 1.84. The smallest absolute Gasteiger partial charge is 0.225 e. The number of carbonyl (C=O) groups excluding carboxylic acids is 1. The molecule has 0 unspecified atom stereocenters. The molecule has 4 nitrogen and oxygen atoms in total. The summed E-state index contributed by atoms with van der Waals surface area (Å²) >= 11 is 0. The minimum absolute atomic E-state index is 0.105. The van der Waals surface area contributed by atoms with E-state index in [1.54, 1.807) is 0 Å². The normalized spacial score (nSPS) is 34.1. The first kappa shape index (κ1) is 8.97. The van der Waals surface area contributed by atoms with Crippen molar-refractivity contribution in [3.8, 4) is 0 Å². The minimum atomic E-state index is -0.225. The maximum Gasteiger partial charge on any atom is 0.225 e. The molecule has 74 valence electrons. The number of hydrogen-bond acceptors (Lipinski definition) is 3. The molecule has 13 heavy (non-hydrogen) atoms. The highest BCUT2D eigenvalue weighted by atomic mass is 16.3. The lowest BCUT2D eigenvalue weighted by Crippen LogP contribution is -2.51. The van der Waals surface area contributed by atoms with Gasteiger partial charge in [-0.2, -0.15) is 0 Å². The number of aliphatic hydroxyl groups excluding tert-OH is 1. The second kappa shape index (κ2) is 3.64. The van der Waals surface area contributed by atoms with E-state index in [4.69, 9.17) is 5.11 Å². The molecule has 4 heteroatoms. The second-order valence-corrected chi connectivity index (χ2v) is 3.90. The van der Waals surface area contributed by atoms with Crippen LogP contribution in [0, 0.1) is 5.92 Å². The van der Waals surface area contributed by atoms with Gasteiger partial charge in [-0.05, 0) is 12.8 Å². The average molecular weight is 184 g/mol. The number of piperazine rings is 1. The van der Waals surface area contributed by atoms with Crippen molar-refractivity contribution in [1.29, 1.82) is 0 Å². The molecule has 0 radical (unpaired) electrons. The number of aliphatic hydroxyl groups is 1. The van der Waals surface area contributed by atoms with Crippen LogP contribution in [0.2, 0.25) is 0 Å². The van der Waals surface area contributed by atoms with E-state index >= 15 is 0 Å². The largest absolute Gasteiger partial charge is 0.393 e. The maximum absolute atomic E-state index is 11.7. The molecular weight excluding hydrogens is 168 g/mol. The molecular formula is C9H16N2O2. The van der Waals surface area contributed by atoms with Crippen molar-refractivity contribution in [2.24, 2.45) is 5.92 Å². The standard InChI is InChI=1S/C9H16N2O2/c12-8-5-7(6-8)9(13)11-3-1-10-2-4-11/h7-8,10,12H,1-6H2. The SMILES string of the molecule is O=C(C1CC(O)C1)N1CCNCC1. The molecule has 1 heterocycles. The predicted molar refractivity (Wildman–Crippen MR) is 48.2 cm³/mol. The molecule has 1 aliphatic carbocycles. The summed E-state index contributed by atoms with van der Waals surface area (Å²) in [4.78, 5) is 13.6. The molecule has 2 fully saturated rings. The van der Waals surface area contributed by atoms with E-state index in [-0.39, 0.29) is 17.9 Å². The highest BCUT2D eigenvalue weighted by Gasteiger charge is 2.35. The van der Waals surface area contributed by atoms with E-state index in [2.05, 4.69) is 5.32 Å². The first-order chi connectivity index (χ1) is 6.27. The van der Waals surface area contributed by atoms with Crippen LogP contribution in [-0.4, -0.2) is 48.2 Å². The molecule has 0 aromatic rings. The van der Waals surface area contributed by atoms with Gasteiger partial charge in [0.25, 0.3) is 0 Å². The van der Waals surface area contributed by atoms with Gasteiger partial charge in [0.05, 0.1) is 6.10 Å². The minimum Gasteiger partial charge on any atom is -0.393 e. The molecule has 1 saturated heterocycles. The van der Waals surface area contributed by atoms with Crippen LogP contribution in [0.5, 0.6) is 0 Å². The molecule has 1 aliphatic heterocycles. The van der Waals surface area contributed by atoms with E-state index in [9.17, 15) is 4.79 Å². The zero-order valence-corrected chi connectivity index (χ0v) is 7.70.